The molecule has 3 aromatic rings. The fourth-order valence-corrected chi connectivity index (χ4v) is 2.39. The molecule has 2 heterocycles. The van der Waals surface area contributed by atoms with Gasteiger partial charge in [0.05, 0.1) is 18.8 Å². The number of pyridine rings is 1. The van der Waals surface area contributed by atoms with Crippen molar-refractivity contribution >= 4 is 0 Å². The molecule has 0 radical (unpaired) electrons. The first kappa shape index (κ1) is 13.5. The molecule has 0 amide bonds. The number of benzene rings is 1. The van der Waals surface area contributed by atoms with Gasteiger partial charge in [-0.1, -0.05) is 18.2 Å². The molecular formula is C17H17N3O. The van der Waals surface area contributed by atoms with E-state index in [0.29, 0.717) is 6.54 Å². The Morgan fingerprint density at radius 1 is 1.14 bits per heavy atom. The monoisotopic (exact) mass is 279 g/mol. The van der Waals surface area contributed by atoms with Gasteiger partial charge in [0.1, 0.15) is 0 Å². The van der Waals surface area contributed by atoms with Crippen molar-refractivity contribution in [3.63, 3.8) is 0 Å². The molecule has 0 saturated carbocycles. The maximum Gasteiger partial charge on any atom is 0.0923 e. The number of rotatable bonds is 4. The molecule has 0 unspecified atom stereocenters. The first-order valence-corrected chi connectivity index (χ1v) is 6.93. The lowest BCUT2D eigenvalue weighted by molar-refractivity contribution is 0.269. The van der Waals surface area contributed by atoms with E-state index in [4.69, 9.17) is 5.11 Å². The summed E-state index contributed by atoms with van der Waals surface area (Å²) in [6.07, 6.45) is 5.57. The summed E-state index contributed by atoms with van der Waals surface area (Å²) in [5, 5.41) is 13.4. The van der Waals surface area contributed by atoms with Gasteiger partial charge in [-0.25, -0.2) is 0 Å². The van der Waals surface area contributed by atoms with Crippen molar-refractivity contribution in [1.82, 2.24) is 14.8 Å². The quantitative estimate of drug-likeness (QED) is 0.799. The van der Waals surface area contributed by atoms with Crippen LogP contribution < -0.4 is 0 Å². The molecule has 1 aromatic carbocycles. The molecule has 2 aromatic heterocycles. The van der Waals surface area contributed by atoms with Crippen LogP contribution in [0.4, 0.5) is 0 Å². The van der Waals surface area contributed by atoms with Crippen LogP contribution in [-0.4, -0.2) is 26.5 Å². The number of aliphatic hydroxyl groups excluding tert-OH is 1. The van der Waals surface area contributed by atoms with Crippen LogP contribution in [0.2, 0.25) is 0 Å². The van der Waals surface area contributed by atoms with E-state index in [9.17, 15) is 0 Å². The molecule has 0 aliphatic carbocycles. The van der Waals surface area contributed by atoms with Gasteiger partial charge in [0, 0.05) is 24.2 Å². The van der Waals surface area contributed by atoms with Crippen LogP contribution in [0.3, 0.4) is 0 Å². The van der Waals surface area contributed by atoms with Crippen molar-refractivity contribution in [2.45, 2.75) is 13.5 Å². The van der Waals surface area contributed by atoms with Crippen molar-refractivity contribution in [3.8, 4) is 22.4 Å². The molecule has 0 atom stereocenters. The van der Waals surface area contributed by atoms with E-state index < -0.39 is 0 Å². The highest BCUT2D eigenvalue weighted by Crippen LogP contribution is 2.27. The first-order valence-electron chi connectivity index (χ1n) is 6.93. The maximum absolute atomic E-state index is 8.96. The summed E-state index contributed by atoms with van der Waals surface area (Å²) in [5.74, 6) is 0. The predicted molar refractivity (Wildman–Crippen MR) is 82.7 cm³/mol. The van der Waals surface area contributed by atoms with Gasteiger partial charge in [-0.3, -0.25) is 9.67 Å². The van der Waals surface area contributed by atoms with Gasteiger partial charge < -0.3 is 5.11 Å². The van der Waals surface area contributed by atoms with E-state index in [1.165, 1.54) is 5.56 Å². The number of hydrogen-bond donors (Lipinski definition) is 1. The van der Waals surface area contributed by atoms with Crippen molar-refractivity contribution in [3.05, 3.63) is 60.6 Å². The Hall–Kier alpha value is -2.46. The topological polar surface area (TPSA) is 50.9 Å². The first-order chi connectivity index (χ1) is 10.3. The summed E-state index contributed by atoms with van der Waals surface area (Å²) < 4.78 is 1.75. The summed E-state index contributed by atoms with van der Waals surface area (Å²) in [7, 11) is 0. The number of aromatic nitrogens is 3. The van der Waals surface area contributed by atoms with Crippen molar-refractivity contribution < 1.29 is 5.11 Å². The summed E-state index contributed by atoms with van der Waals surface area (Å²) >= 11 is 0. The lowest BCUT2D eigenvalue weighted by Gasteiger charge is -2.06. The fourth-order valence-electron chi connectivity index (χ4n) is 2.39. The smallest absolute Gasteiger partial charge is 0.0923 e. The van der Waals surface area contributed by atoms with Crippen molar-refractivity contribution in [2.24, 2.45) is 0 Å². The Balaban J connectivity index is 1.98. The molecule has 4 nitrogen and oxygen atoms in total. The van der Waals surface area contributed by atoms with Crippen LogP contribution in [0, 0.1) is 6.92 Å². The largest absolute Gasteiger partial charge is 0.394 e. The summed E-state index contributed by atoms with van der Waals surface area (Å²) in [6.45, 7) is 2.67. The van der Waals surface area contributed by atoms with Gasteiger partial charge >= 0.3 is 0 Å². The van der Waals surface area contributed by atoms with E-state index in [1.54, 1.807) is 4.68 Å². The van der Waals surface area contributed by atoms with E-state index >= 15 is 0 Å². The van der Waals surface area contributed by atoms with E-state index in [2.05, 4.69) is 29.1 Å². The minimum absolute atomic E-state index is 0.0946. The lowest BCUT2D eigenvalue weighted by atomic mass is 10.00. The molecule has 0 spiro atoms. The maximum atomic E-state index is 8.96. The zero-order chi connectivity index (χ0) is 14.7. The van der Waals surface area contributed by atoms with Crippen molar-refractivity contribution in [1.29, 1.82) is 0 Å². The second-order valence-corrected chi connectivity index (χ2v) is 4.96. The van der Waals surface area contributed by atoms with Gasteiger partial charge in [0.2, 0.25) is 0 Å². The Kier molecular flexibility index (Phi) is 3.79. The molecule has 0 saturated heterocycles. The number of aliphatic hydroxyl groups is 1. The van der Waals surface area contributed by atoms with Gasteiger partial charge in [0.25, 0.3) is 0 Å². The Bertz CT molecular complexity index is 749. The van der Waals surface area contributed by atoms with E-state index in [-0.39, 0.29) is 6.61 Å². The molecule has 21 heavy (non-hydrogen) atoms. The molecule has 0 fully saturated rings. The molecule has 0 bridgehead atoms. The van der Waals surface area contributed by atoms with Gasteiger partial charge in [-0.15, -0.1) is 0 Å². The average Bonchev–Trinajstić information content (AvgIpc) is 2.97. The highest BCUT2D eigenvalue weighted by Gasteiger charge is 2.06. The molecule has 4 heteroatoms. The summed E-state index contributed by atoms with van der Waals surface area (Å²) in [5.41, 5.74) is 5.48. The third-order valence-corrected chi connectivity index (χ3v) is 3.46. The molecule has 3 rings (SSSR count). The van der Waals surface area contributed by atoms with Crippen LogP contribution in [-0.2, 0) is 6.54 Å². The van der Waals surface area contributed by atoms with Crippen LogP contribution in [0.15, 0.2) is 55.0 Å². The van der Waals surface area contributed by atoms with Crippen LogP contribution in [0.1, 0.15) is 5.56 Å². The van der Waals surface area contributed by atoms with Crippen LogP contribution in [0.5, 0.6) is 0 Å². The van der Waals surface area contributed by atoms with E-state index in [0.717, 1.165) is 22.4 Å². The summed E-state index contributed by atoms with van der Waals surface area (Å²) in [4.78, 5) is 4.14. The SMILES string of the molecule is Cc1cnccc1-c1cccc(-c2ccn(CCO)n2)c1. The Labute approximate surface area is 123 Å². The number of hydrogen-bond acceptors (Lipinski definition) is 3. The molecule has 0 aliphatic rings. The Morgan fingerprint density at radius 3 is 2.81 bits per heavy atom. The zero-order valence-corrected chi connectivity index (χ0v) is 11.9. The molecule has 0 aliphatic heterocycles. The average molecular weight is 279 g/mol. The Morgan fingerprint density at radius 2 is 2.00 bits per heavy atom. The zero-order valence-electron chi connectivity index (χ0n) is 11.9. The summed E-state index contributed by atoms with van der Waals surface area (Å²) in [6, 6.07) is 12.3. The highest BCUT2D eigenvalue weighted by atomic mass is 16.3. The van der Waals surface area contributed by atoms with Gasteiger partial charge in [-0.2, -0.15) is 5.10 Å². The standard InChI is InChI=1S/C17H17N3O/c1-13-12-18-7-5-16(13)14-3-2-4-15(11-14)17-6-8-20(19-17)9-10-21/h2-8,11-12,21H,9-10H2,1H3. The molecule has 106 valence electrons. The van der Waals surface area contributed by atoms with Gasteiger partial charge in [0.15, 0.2) is 0 Å². The van der Waals surface area contributed by atoms with E-state index in [1.807, 2.05) is 42.9 Å². The fraction of sp³-hybridized carbons (Fsp3) is 0.176. The second-order valence-electron chi connectivity index (χ2n) is 4.96. The lowest BCUT2D eigenvalue weighted by Crippen LogP contribution is -2.02. The second kappa shape index (κ2) is 5.89. The third kappa shape index (κ3) is 2.85. The molecular weight excluding hydrogens is 262 g/mol. The highest BCUT2D eigenvalue weighted by molar-refractivity contribution is 5.72. The number of aryl methyl sites for hydroxylation is 1. The van der Waals surface area contributed by atoms with Crippen molar-refractivity contribution in [2.75, 3.05) is 6.61 Å². The third-order valence-electron chi connectivity index (χ3n) is 3.46. The van der Waals surface area contributed by atoms with Crippen LogP contribution >= 0.6 is 0 Å². The minimum atomic E-state index is 0.0946. The van der Waals surface area contributed by atoms with Crippen LogP contribution in [0.25, 0.3) is 22.4 Å². The molecule has 1 N–H and O–H groups in total. The number of nitrogens with zero attached hydrogens (tertiary/aromatic N) is 3. The van der Waals surface area contributed by atoms with Gasteiger partial charge in [-0.05, 0) is 41.8 Å². The normalized spacial score (nSPS) is 10.8. The minimum Gasteiger partial charge on any atom is -0.394 e. The predicted octanol–water partition coefficient (Wildman–Crippen LogP) is 2.91.